The zero-order valence-electron chi connectivity index (χ0n) is 14.2. The summed E-state index contributed by atoms with van der Waals surface area (Å²) in [5.74, 6) is -0.443. The van der Waals surface area contributed by atoms with Gasteiger partial charge in [0.2, 0.25) is 0 Å². The molecule has 1 amide bonds. The van der Waals surface area contributed by atoms with Crippen molar-refractivity contribution in [3.05, 3.63) is 64.1 Å². The SMILES string of the molecule is C[C@@H](Oc1ccccc1)C(=O)OCC(=O)NCCc1ccc(Cl)cc1Cl. The maximum absolute atomic E-state index is 11.9. The third-order valence-corrected chi connectivity index (χ3v) is 4.05. The van der Waals surface area contributed by atoms with Crippen molar-refractivity contribution in [3.8, 4) is 5.75 Å². The Morgan fingerprint density at radius 2 is 1.85 bits per heavy atom. The van der Waals surface area contributed by atoms with E-state index in [1.807, 2.05) is 6.07 Å². The number of rotatable bonds is 8. The first-order valence-electron chi connectivity index (χ1n) is 8.04. The van der Waals surface area contributed by atoms with Crippen LogP contribution in [0.4, 0.5) is 0 Å². The van der Waals surface area contributed by atoms with Gasteiger partial charge in [0.1, 0.15) is 5.75 Å². The molecule has 0 aliphatic rings. The molecule has 26 heavy (non-hydrogen) atoms. The first-order chi connectivity index (χ1) is 12.5. The monoisotopic (exact) mass is 395 g/mol. The van der Waals surface area contributed by atoms with Crippen molar-refractivity contribution in [1.29, 1.82) is 0 Å². The molecule has 0 aromatic heterocycles. The maximum Gasteiger partial charge on any atom is 0.347 e. The summed E-state index contributed by atoms with van der Waals surface area (Å²) in [6.07, 6.45) is -0.262. The summed E-state index contributed by atoms with van der Waals surface area (Å²) in [5.41, 5.74) is 0.873. The Morgan fingerprint density at radius 3 is 2.54 bits per heavy atom. The molecule has 2 aromatic rings. The van der Waals surface area contributed by atoms with Crippen molar-refractivity contribution in [2.75, 3.05) is 13.2 Å². The van der Waals surface area contributed by atoms with Crippen LogP contribution in [0.5, 0.6) is 5.75 Å². The number of hydrogen-bond donors (Lipinski definition) is 1. The van der Waals surface area contributed by atoms with Crippen molar-refractivity contribution < 1.29 is 19.1 Å². The van der Waals surface area contributed by atoms with Gasteiger partial charge < -0.3 is 14.8 Å². The van der Waals surface area contributed by atoms with Gasteiger partial charge in [-0.1, -0.05) is 47.5 Å². The van der Waals surface area contributed by atoms with Crippen molar-refractivity contribution in [2.45, 2.75) is 19.4 Å². The first-order valence-corrected chi connectivity index (χ1v) is 8.80. The van der Waals surface area contributed by atoms with E-state index in [2.05, 4.69) is 5.32 Å². The van der Waals surface area contributed by atoms with Crippen LogP contribution in [0.25, 0.3) is 0 Å². The van der Waals surface area contributed by atoms with E-state index in [1.165, 1.54) is 0 Å². The molecule has 1 atom stereocenters. The molecule has 0 bridgehead atoms. The van der Waals surface area contributed by atoms with E-state index in [4.69, 9.17) is 32.7 Å². The molecule has 0 spiro atoms. The molecule has 0 aliphatic heterocycles. The molecule has 0 saturated carbocycles. The number of benzene rings is 2. The van der Waals surface area contributed by atoms with E-state index in [9.17, 15) is 9.59 Å². The Bertz CT molecular complexity index is 752. The van der Waals surface area contributed by atoms with Crippen LogP contribution in [0, 0.1) is 0 Å². The summed E-state index contributed by atoms with van der Waals surface area (Å²) >= 11 is 11.9. The lowest BCUT2D eigenvalue weighted by Crippen LogP contribution is -2.33. The van der Waals surface area contributed by atoms with Gasteiger partial charge in [0, 0.05) is 16.6 Å². The summed E-state index contributed by atoms with van der Waals surface area (Å²) in [6, 6.07) is 14.1. The number of halogens is 2. The molecule has 0 unspecified atom stereocenters. The number of para-hydroxylation sites is 1. The maximum atomic E-state index is 11.9. The lowest BCUT2D eigenvalue weighted by atomic mass is 10.1. The zero-order valence-corrected chi connectivity index (χ0v) is 15.7. The lowest BCUT2D eigenvalue weighted by Gasteiger charge is -2.14. The van der Waals surface area contributed by atoms with Crippen molar-refractivity contribution in [2.24, 2.45) is 0 Å². The van der Waals surface area contributed by atoms with E-state index in [0.29, 0.717) is 28.8 Å². The van der Waals surface area contributed by atoms with E-state index in [-0.39, 0.29) is 6.61 Å². The average molecular weight is 396 g/mol. The van der Waals surface area contributed by atoms with E-state index in [0.717, 1.165) is 5.56 Å². The molecule has 2 rings (SSSR count). The Labute approximate surface area is 162 Å². The Kier molecular flexibility index (Phi) is 7.75. The fourth-order valence-electron chi connectivity index (χ4n) is 2.12. The molecule has 1 N–H and O–H groups in total. The average Bonchev–Trinajstić information content (AvgIpc) is 2.62. The minimum Gasteiger partial charge on any atom is -0.479 e. The molecule has 2 aromatic carbocycles. The second-order valence-corrected chi connectivity index (χ2v) is 6.36. The van der Waals surface area contributed by atoms with Crippen LogP contribution in [-0.4, -0.2) is 31.1 Å². The molecule has 7 heteroatoms. The fraction of sp³-hybridized carbons (Fsp3) is 0.263. The molecule has 0 aliphatic carbocycles. The van der Waals surface area contributed by atoms with Crippen LogP contribution in [0.1, 0.15) is 12.5 Å². The minimum atomic E-state index is -0.807. The van der Waals surface area contributed by atoms with Crippen molar-refractivity contribution in [3.63, 3.8) is 0 Å². The van der Waals surface area contributed by atoms with E-state index < -0.39 is 18.0 Å². The summed E-state index contributed by atoms with van der Waals surface area (Å²) in [6.45, 7) is 1.57. The van der Waals surface area contributed by atoms with Gasteiger partial charge in [0.25, 0.3) is 5.91 Å². The molecule has 0 saturated heterocycles. The third kappa shape index (κ3) is 6.58. The van der Waals surface area contributed by atoms with Crippen molar-refractivity contribution in [1.82, 2.24) is 5.32 Å². The van der Waals surface area contributed by atoms with Crippen LogP contribution < -0.4 is 10.1 Å². The standard InChI is InChI=1S/C19H19Cl2NO4/c1-13(26-16-5-3-2-4-6-16)19(24)25-12-18(23)22-10-9-14-7-8-15(20)11-17(14)21/h2-8,11,13H,9-10,12H2,1H3,(H,22,23)/t13-/m1/s1. The first kappa shape index (κ1) is 20.1. The number of nitrogens with one attached hydrogen (secondary N) is 1. The predicted molar refractivity (Wildman–Crippen MR) is 101 cm³/mol. The Hall–Kier alpha value is -2.24. The van der Waals surface area contributed by atoms with Crippen LogP contribution in [-0.2, 0) is 20.7 Å². The van der Waals surface area contributed by atoms with Gasteiger partial charge in [0.15, 0.2) is 12.7 Å². The Morgan fingerprint density at radius 1 is 1.12 bits per heavy atom. The van der Waals surface area contributed by atoms with Crippen LogP contribution in [0.15, 0.2) is 48.5 Å². The molecule has 0 heterocycles. The predicted octanol–water partition coefficient (Wildman–Crippen LogP) is 3.66. The van der Waals surface area contributed by atoms with Crippen LogP contribution in [0.2, 0.25) is 10.0 Å². The number of carbonyl (C=O) groups excluding carboxylic acids is 2. The summed E-state index contributed by atoms with van der Waals surface area (Å²) < 4.78 is 10.4. The minimum absolute atomic E-state index is 0.365. The van der Waals surface area contributed by atoms with Gasteiger partial charge in [-0.25, -0.2) is 4.79 Å². The van der Waals surface area contributed by atoms with E-state index in [1.54, 1.807) is 49.4 Å². The van der Waals surface area contributed by atoms with Crippen LogP contribution in [0.3, 0.4) is 0 Å². The normalized spacial score (nSPS) is 11.5. The number of esters is 1. The molecule has 5 nitrogen and oxygen atoms in total. The number of carbonyl (C=O) groups is 2. The van der Waals surface area contributed by atoms with Gasteiger partial charge in [-0.2, -0.15) is 0 Å². The van der Waals surface area contributed by atoms with Crippen LogP contribution >= 0.6 is 23.2 Å². The fourth-order valence-corrected chi connectivity index (χ4v) is 2.62. The highest BCUT2D eigenvalue weighted by atomic mass is 35.5. The van der Waals surface area contributed by atoms with Crippen molar-refractivity contribution >= 4 is 35.1 Å². The zero-order chi connectivity index (χ0) is 18.9. The molecular weight excluding hydrogens is 377 g/mol. The molecule has 0 fully saturated rings. The topological polar surface area (TPSA) is 64.6 Å². The highest BCUT2D eigenvalue weighted by Gasteiger charge is 2.17. The summed E-state index contributed by atoms with van der Waals surface area (Å²) in [5, 5.41) is 3.77. The second-order valence-electron chi connectivity index (χ2n) is 5.52. The smallest absolute Gasteiger partial charge is 0.347 e. The summed E-state index contributed by atoms with van der Waals surface area (Å²) in [4.78, 5) is 23.6. The molecular formula is C19H19Cl2NO4. The van der Waals surface area contributed by atoms with E-state index >= 15 is 0 Å². The quantitative estimate of drug-likeness (QED) is 0.692. The number of ether oxygens (including phenoxy) is 2. The highest BCUT2D eigenvalue weighted by molar-refractivity contribution is 6.35. The Balaban J connectivity index is 1.68. The molecule has 0 radical (unpaired) electrons. The van der Waals surface area contributed by atoms with Gasteiger partial charge in [-0.3, -0.25) is 4.79 Å². The lowest BCUT2D eigenvalue weighted by molar-refractivity contribution is -0.154. The number of hydrogen-bond acceptors (Lipinski definition) is 4. The second kappa shape index (κ2) is 10.0. The van der Waals surface area contributed by atoms with Gasteiger partial charge in [-0.05, 0) is 43.2 Å². The number of amides is 1. The largest absolute Gasteiger partial charge is 0.479 e. The van der Waals surface area contributed by atoms with Gasteiger partial charge in [0.05, 0.1) is 0 Å². The highest BCUT2D eigenvalue weighted by Crippen LogP contribution is 2.21. The summed E-state index contributed by atoms with van der Waals surface area (Å²) in [7, 11) is 0. The van der Waals surface area contributed by atoms with Gasteiger partial charge in [-0.15, -0.1) is 0 Å². The molecule has 138 valence electrons. The third-order valence-electron chi connectivity index (χ3n) is 3.47. The van der Waals surface area contributed by atoms with Gasteiger partial charge >= 0.3 is 5.97 Å².